The maximum atomic E-state index is 12.8. The number of hydrogen-bond acceptors (Lipinski definition) is 5. The van der Waals surface area contributed by atoms with Gasteiger partial charge in [0, 0.05) is 16.6 Å². The van der Waals surface area contributed by atoms with Gasteiger partial charge in [-0.25, -0.2) is 4.79 Å². The largest absolute Gasteiger partial charge is 0.497 e. The lowest BCUT2D eigenvalue weighted by atomic mass is 9.78. The smallest absolute Gasteiger partial charge is 0.348 e. The second kappa shape index (κ2) is 6.97. The van der Waals surface area contributed by atoms with Gasteiger partial charge in [-0.15, -0.1) is 0 Å². The zero-order valence-electron chi connectivity index (χ0n) is 14.3. The van der Waals surface area contributed by atoms with E-state index in [-0.39, 0.29) is 6.42 Å². The number of halogens is 1. The summed E-state index contributed by atoms with van der Waals surface area (Å²) in [5.74, 6) is -2.10. The van der Waals surface area contributed by atoms with E-state index in [0.717, 1.165) is 7.11 Å². The predicted octanol–water partition coefficient (Wildman–Crippen LogP) is 2.53. The zero-order valence-corrected chi connectivity index (χ0v) is 15.0. The van der Waals surface area contributed by atoms with Gasteiger partial charge < -0.3 is 19.9 Å². The molecule has 0 spiro atoms. The molecule has 2 atom stereocenters. The summed E-state index contributed by atoms with van der Waals surface area (Å²) in [4.78, 5) is 25.2. The van der Waals surface area contributed by atoms with Crippen molar-refractivity contribution in [1.29, 1.82) is 0 Å². The van der Waals surface area contributed by atoms with Crippen LogP contribution in [0.4, 0.5) is 5.69 Å². The molecule has 7 heteroatoms. The van der Waals surface area contributed by atoms with E-state index in [4.69, 9.17) is 21.1 Å². The Morgan fingerprint density at radius 2 is 1.92 bits per heavy atom. The van der Waals surface area contributed by atoms with Crippen molar-refractivity contribution < 1.29 is 24.2 Å². The van der Waals surface area contributed by atoms with E-state index in [1.807, 2.05) is 0 Å². The van der Waals surface area contributed by atoms with Crippen LogP contribution in [-0.4, -0.2) is 36.8 Å². The molecule has 0 saturated heterocycles. The summed E-state index contributed by atoms with van der Waals surface area (Å²) in [7, 11) is 2.67. The second-order valence-electron chi connectivity index (χ2n) is 6.04. The van der Waals surface area contributed by atoms with Crippen molar-refractivity contribution in [2.45, 2.75) is 17.9 Å². The number of aliphatic hydroxyl groups is 1. The fourth-order valence-electron chi connectivity index (χ4n) is 3.18. The first-order chi connectivity index (χ1) is 12.4. The minimum atomic E-state index is -2.38. The topological polar surface area (TPSA) is 84.9 Å². The molecule has 2 aromatic carbocycles. The number of carbonyl (C=O) groups is 2. The molecular formula is C19H18ClNO5. The average Bonchev–Trinajstić information content (AvgIpc) is 2.76. The molecule has 2 unspecified atom stereocenters. The standard InChI is InChI=1S/C19H18ClNO5/c1-25-14-6-3-11(4-7-14)15-10-12-9-13(20)5-8-16(12)21-17(22)19(15,24)18(23)26-2/h3-9,15,24H,10H2,1-2H3,(H,21,22). The number of fused-ring (bicyclic) bond motifs is 1. The van der Waals surface area contributed by atoms with Crippen LogP contribution in [0.3, 0.4) is 0 Å². The Bertz CT molecular complexity index is 852. The molecule has 0 aromatic heterocycles. The highest BCUT2D eigenvalue weighted by Crippen LogP contribution is 2.39. The molecule has 3 rings (SSSR count). The van der Waals surface area contributed by atoms with Crippen LogP contribution < -0.4 is 10.1 Å². The number of esters is 1. The van der Waals surface area contributed by atoms with E-state index in [0.29, 0.717) is 27.6 Å². The van der Waals surface area contributed by atoms with Crippen LogP contribution in [0.2, 0.25) is 5.02 Å². The third-order valence-electron chi connectivity index (χ3n) is 4.60. The molecule has 1 amide bonds. The molecule has 1 aliphatic heterocycles. The molecule has 136 valence electrons. The van der Waals surface area contributed by atoms with Gasteiger partial charge >= 0.3 is 5.97 Å². The van der Waals surface area contributed by atoms with Gasteiger partial charge in [0.05, 0.1) is 14.2 Å². The van der Waals surface area contributed by atoms with Crippen LogP contribution in [0, 0.1) is 0 Å². The van der Waals surface area contributed by atoms with E-state index >= 15 is 0 Å². The molecule has 2 N–H and O–H groups in total. The van der Waals surface area contributed by atoms with Gasteiger partial charge in [0.2, 0.25) is 5.60 Å². The van der Waals surface area contributed by atoms with Gasteiger partial charge in [0.25, 0.3) is 5.91 Å². The van der Waals surface area contributed by atoms with E-state index in [1.54, 1.807) is 42.5 Å². The van der Waals surface area contributed by atoms with Gasteiger partial charge in [0.1, 0.15) is 5.75 Å². The number of rotatable bonds is 3. The van der Waals surface area contributed by atoms with Gasteiger partial charge in [-0.3, -0.25) is 4.79 Å². The summed E-state index contributed by atoms with van der Waals surface area (Å²) >= 11 is 6.08. The van der Waals surface area contributed by atoms with Crippen molar-refractivity contribution >= 4 is 29.2 Å². The molecule has 26 heavy (non-hydrogen) atoms. The quantitative estimate of drug-likeness (QED) is 0.636. The third-order valence-corrected chi connectivity index (χ3v) is 4.84. The zero-order chi connectivity index (χ0) is 18.9. The monoisotopic (exact) mass is 375 g/mol. The van der Waals surface area contributed by atoms with Crippen LogP contribution in [0.15, 0.2) is 42.5 Å². The fourth-order valence-corrected chi connectivity index (χ4v) is 3.38. The molecule has 0 radical (unpaired) electrons. The summed E-state index contributed by atoms with van der Waals surface area (Å²) < 4.78 is 9.88. The maximum absolute atomic E-state index is 12.8. The van der Waals surface area contributed by atoms with Crippen molar-refractivity contribution in [2.75, 3.05) is 19.5 Å². The molecule has 0 saturated carbocycles. The predicted molar refractivity (Wildman–Crippen MR) is 96.5 cm³/mol. The first-order valence-electron chi connectivity index (χ1n) is 7.94. The van der Waals surface area contributed by atoms with Crippen LogP contribution in [0.25, 0.3) is 0 Å². The number of benzene rings is 2. The molecule has 0 aliphatic carbocycles. The first kappa shape index (κ1) is 18.2. The third kappa shape index (κ3) is 3.02. The molecular weight excluding hydrogens is 358 g/mol. The van der Waals surface area contributed by atoms with E-state index in [2.05, 4.69) is 5.32 Å². The highest BCUT2D eigenvalue weighted by Gasteiger charge is 2.54. The number of anilines is 1. The molecule has 0 fully saturated rings. The minimum absolute atomic E-state index is 0.215. The van der Waals surface area contributed by atoms with Crippen molar-refractivity contribution in [3.63, 3.8) is 0 Å². The van der Waals surface area contributed by atoms with Gasteiger partial charge in [-0.2, -0.15) is 0 Å². The van der Waals surface area contributed by atoms with Crippen molar-refractivity contribution in [3.05, 3.63) is 58.6 Å². The maximum Gasteiger partial charge on any atom is 0.348 e. The summed E-state index contributed by atoms with van der Waals surface area (Å²) in [5.41, 5.74) is -0.569. The minimum Gasteiger partial charge on any atom is -0.497 e. The average molecular weight is 376 g/mol. The highest BCUT2D eigenvalue weighted by atomic mass is 35.5. The fraction of sp³-hybridized carbons (Fsp3) is 0.263. The van der Waals surface area contributed by atoms with Crippen LogP contribution in [-0.2, 0) is 20.7 Å². The van der Waals surface area contributed by atoms with Crippen molar-refractivity contribution in [1.82, 2.24) is 0 Å². The van der Waals surface area contributed by atoms with E-state index in [1.165, 1.54) is 7.11 Å². The van der Waals surface area contributed by atoms with Gasteiger partial charge in [0.15, 0.2) is 0 Å². The molecule has 6 nitrogen and oxygen atoms in total. The lowest BCUT2D eigenvalue weighted by Crippen LogP contribution is -2.54. The van der Waals surface area contributed by atoms with Crippen LogP contribution >= 0.6 is 11.6 Å². The van der Waals surface area contributed by atoms with Crippen LogP contribution in [0.1, 0.15) is 17.0 Å². The molecule has 0 bridgehead atoms. The molecule has 1 heterocycles. The van der Waals surface area contributed by atoms with Crippen molar-refractivity contribution in [2.24, 2.45) is 0 Å². The molecule has 2 aromatic rings. The summed E-state index contributed by atoms with van der Waals surface area (Å²) in [5, 5.41) is 14.2. The second-order valence-corrected chi connectivity index (χ2v) is 6.48. The number of nitrogens with one attached hydrogen (secondary N) is 1. The molecule has 1 aliphatic rings. The van der Waals surface area contributed by atoms with E-state index < -0.39 is 23.4 Å². The normalized spacial score (nSPS) is 22.0. The number of ether oxygens (including phenoxy) is 2. The van der Waals surface area contributed by atoms with Gasteiger partial charge in [-0.05, 0) is 47.9 Å². The Hall–Kier alpha value is -2.57. The summed E-state index contributed by atoms with van der Waals surface area (Å²) in [6.07, 6.45) is 0.215. The Labute approximate surface area is 155 Å². The lowest BCUT2D eigenvalue weighted by molar-refractivity contribution is -0.169. The number of hydrogen-bond donors (Lipinski definition) is 2. The van der Waals surface area contributed by atoms with Crippen LogP contribution in [0.5, 0.6) is 5.75 Å². The van der Waals surface area contributed by atoms with Gasteiger partial charge in [-0.1, -0.05) is 23.7 Å². The Morgan fingerprint density at radius 1 is 1.23 bits per heavy atom. The summed E-state index contributed by atoms with van der Waals surface area (Å²) in [6.45, 7) is 0. The SMILES string of the molecule is COC(=O)C1(O)C(=O)Nc2ccc(Cl)cc2CC1c1ccc(OC)cc1. The lowest BCUT2D eigenvalue weighted by Gasteiger charge is -2.30. The summed E-state index contributed by atoms with van der Waals surface area (Å²) in [6, 6.07) is 11.8. The Balaban J connectivity index is 2.15. The first-order valence-corrected chi connectivity index (χ1v) is 8.32. The number of methoxy groups -OCH3 is 2. The Morgan fingerprint density at radius 3 is 2.54 bits per heavy atom. The number of carbonyl (C=O) groups excluding carboxylic acids is 2. The van der Waals surface area contributed by atoms with Crippen molar-refractivity contribution in [3.8, 4) is 5.75 Å². The highest BCUT2D eigenvalue weighted by molar-refractivity contribution is 6.30. The van der Waals surface area contributed by atoms with E-state index in [9.17, 15) is 14.7 Å². The number of amides is 1. The Kier molecular flexibility index (Phi) is 4.89.